The average molecular weight is 209 g/mol. The van der Waals surface area contributed by atoms with E-state index in [4.69, 9.17) is 15.2 Å². The lowest BCUT2D eigenvalue weighted by Gasteiger charge is -2.13. The van der Waals surface area contributed by atoms with Gasteiger partial charge in [0.2, 0.25) is 0 Å². The Kier molecular flexibility index (Phi) is 5.15. The van der Waals surface area contributed by atoms with Crippen LogP contribution in [0.5, 0.6) is 0 Å². The summed E-state index contributed by atoms with van der Waals surface area (Å²) in [6, 6.07) is 7.75. The topological polar surface area (TPSA) is 44.5 Å². The van der Waals surface area contributed by atoms with Crippen molar-refractivity contribution in [2.24, 2.45) is 0 Å². The summed E-state index contributed by atoms with van der Waals surface area (Å²) in [5, 5.41) is 0. The zero-order chi connectivity index (χ0) is 11.1. The molecule has 0 aromatic heterocycles. The van der Waals surface area contributed by atoms with Crippen LogP contribution in [0.1, 0.15) is 25.5 Å². The van der Waals surface area contributed by atoms with Crippen molar-refractivity contribution in [2.75, 3.05) is 25.6 Å². The third-order valence-electron chi connectivity index (χ3n) is 2.21. The Morgan fingerprint density at radius 2 is 1.87 bits per heavy atom. The molecule has 3 nitrogen and oxygen atoms in total. The molecule has 0 heterocycles. The van der Waals surface area contributed by atoms with Crippen LogP contribution in [0.3, 0.4) is 0 Å². The Labute approximate surface area is 91.2 Å². The third-order valence-corrected chi connectivity index (χ3v) is 2.21. The van der Waals surface area contributed by atoms with Gasteiger partial charge in [-0.25, -0.2) is 0 Å². The molecule has 0 aliphatic rings. The van der Waals surface area contributed by atoms with Gasteiger partial charge in [-0.3, -0.25) is 0 Å². The van der Waals surface area contributed by atoms with E-state index in [-0.39, 0.29) is 6.10 Å². The van der Waals surface area contributed by atoms with Crippen LogP contribution in [0.2, 0.25) is 0 Å². The second kappa shape index (κ2) is 6.43. The van der Waals surface area contributed by atoms with Gasteiger partial charge in [-0.2, -0.15) is 0 Å². The van der Waals surface area contributed by atoms with Gasteiger partial charge in [-0.05, 0) is 31.5 Å². The van der Waals surface area contributed by atoms with Gasteiger partial charge in [0.05, 0.1) is 19.3 Å². The molecule has 0 spiro atoms. The van der Waals surface area contributed by atoms with Gasteiger partial charge >= 0.3 is 0 Å². The molecule has 1 aromatic carbocycles. The molecule has 0 aliphatic carbocycles. The number of ether oxygens (including phenoxy) is 2. The van der Waals surface area contributed by atoms with Crippen molar-refractivity contribution in [1.82, 2.24) is 0 Å². The lowest BCUT2D eigenvalue weighted by atomic mass is 10.1. The highest BCUT2D eigenvalue weighted by atomic mass is 16.5. The SMILES string of the molecule is CCOCCOC(C)c1ccc(N)cc1. The molecule has 0 aliphatic heterocycles. The monoisotopic (exact) mass is 209 g/mol. The Morgan fingerprint density at radius 3 is 2.47 bits per heavy atom. The average Bonchev–Trinajstić information content (AvgIpc) is 2.25. The van der Waals surface area contributed by atoms with Crippen LogP contribution < -0.4 is 5.73 Å². The van der Waals surface area contributed by atoms with Crippen LogP contribution in [0, 0.1) is 0 Å². The molecule has 0 saturated carbocycles. The molecule has 2 N–H and O–H groups in total. The summed E-state index contributed by atoms with van der Waals surface area (Å²) in [4.78, 5) is 0. The molecule has 1 atom stereocenters. The summed E-state index contributed by atoms with van der Waals surface area (Å²) in [5.74, 6) is 0. The lowest BCUT2D eigenvalue weighted by Crippen LogP contribution is -2.07. The van der Waals surface area contributed by atoms with E-state index >= 15 is 0 Å². The van der Waals surface area contributed by atoms with Crippen LogP contribution in [0.15, 0.2) is 24.3 Å². The van der Waals surface area contributed by atoms with Crippen molar-refractivity contribution in [3.05, 3.63) is 29.8 Å². The molecule has 1 aromatic rings. The minimum Gasteiger partial charge on any atom is -0.399 e. The summed E-state index contributed by atoms with van der Waals surface area (Å²) < 4.78 is 10.8. The number of nitrogens with two attached hydrogens (primary N) is 1. The molecule has 1 rings (SSSR count). The first-order valence-electron chi connectivity index (χ1n) is 5.28. The Bertz CT molecular complexity index is 271. The van der Waals surface area contributed by atoms with Gasteiger partial charge in [0.15, 0.2) is 0 Å². The fourth-order valence-electron chi connectivity index (χ4n) is 1.29. The Balaban J connectivity index is 2.33. The van der Waals surface area contributed by atoms with Gasteiger partial charge in [0.1, 0.15) is 0 Å². The van der Waals surface area contributed by atoms with Crippen LogP contribution >= 0.6 is 0 Å². The van der Waals surface area contributed by atoms with E-state index in [2.05, 4.69) is 0 Å². The Morgan fingerprint density at radius 1 is 1.20 bits per heavy atom. The van der Waals surface area contributed by atoms with E-state index in [1.807, 2.05) is 38.1 Å². The number of benzene rings is 1. The Hall–Kier alpha value is -1.06. The highest BCUT2D eigenvalue weighted by Gasteiger charge is 2.04. The number of hydrogen-bond acceptors (Lipinski definition) is 3. The van der Waals surface area contributed by atoms with E-state index in [0.717, 1.165) is 17.9 Å². The number of nitrogen functional groups attached to an aromatic ring is 1. The second-order valence-electron chi connectivity index (χ2n) is 3.38. The van der Waals surface area contributed by atoms with Gasteiger partial charge in [-0.1, -0.05) is 12.1 Å². The van der Waals surface area contributed by atoms with Crippen molar-refractivity contribution in [2.45, 2.75) is 20.0 Å². The van der Waals surface area contributed by atoms with Crippen LogP contribution in [-0.2, 0) is 9.47 Å². The predicted molar refractivity (Wildman–Crippen MR) is 61.7 cm³/mol. The first-order chi connectivity index (χ1) is 7.24. The summed E-state index contributed by atoms with van der Waals surface area (Å²) in [7, 11) is 0. The van der Waals surface area contributed by atoms with Crippen molar-refractivity contribution in [3.63, 3.8) is 0 Å². The van der Waals surface area contributed by atoms with E-state index in [9.17, 15) is 0 Å². The van der Waals surface area contributed by atoms with Crippen molar-refractivity contribution < 1.29 is 9.47 Å². The lowest BCUT2D eigenvalue weighted by molar-refractivity contribution is 0.0146. The smallest absolute Gasteiger partial charge is 0.0798 e. The zero-order valence-corrected chi connectivity index (χ0v) is 9.40. The van der Waals surface area contributed by atoms with E-state index < -0.39 is 0 Å². The quantitative estimate of drug-likeness (QED) is 0.578. The first kappa shape index (κ1) is 12.0. The predicted octanol–water partition coefficient (Wildman–Crippen LogP) is 2.38. The molecule has 0 radical (unpaired) electrons. The summed E-state index contributed by atoms with van der Waals surface area (Å²) in [6.07, 6.45) is 0.0889. The van der Waals surface area contributed by atoms with E-state index in [1.54, 1.807) is 0 Å². The highest BCUT2D eigenvalue weighted by molar-refractivity contribution is 5.39. The maximum Gasteiger partial charge on any atom is 0.0798 e. The molecule has 15 heavy (non-hydrogen) atoms. The number of anilines is 1. The summed E-state index contributed by atoms with van der Waals surface area (Å²) in [5.41, 5.74) is 7.52. The van der Waals surface area contributed by atoms with Gasteiger partial charge in [0, 0.05) is 12.3 Å². The highest BCUT2D eigenvalue weighted by Crippen LogP contribution is 2.17. The van der Waals surface area contributed by atoms with Gasteiger partial charge in [-0.15, -0.1) is 0 Å². The van der Waals surface area contributed by atoms with Gasteiger partial charge in [0.25, 0.3) is 0 Å². The molecular formula is C12H19NO2. The van der Waals surface area contributed by atoms with E-state index in [1.165, 1.54) is 0 Å². The van der Waals surface area contributed by atoms with Crippen molar-refractivity contribution in [1.29, 1.82) is 0 Å². The molecule has 84 valence electrons. The number of hydrogen-bond donors (Lipinski definition) is 1. The normalized spacial score (nSPS) is 12.7. The summed E-state index contributed by atoms with van der Waals surface area (Å²) in [6.45, 7) is 6.01. The van der Waals surface area contributed by atoms with E-state index in [0.29, 0.717) is 13.2 Å². The van der Waals surface area contributed by atoms with Crippen molar-refractivity contribution in [3.8, 4) is 0 Å². The third kappa shape index (κ3) is 4.32. The molecule has 0 amide bonds. The van der Waals surface area contributed by atoms with Gasteiger partial charge < -0.3 is 15.2 Å². The number of rotatable bonds is 6. The van der Waals surface area contributed by atoms with Crippen LogP contribution in [0.25, 0.3) is 0 Å². The minimum atomic E-state index is 0.0889. The van der Waals surface area contributed by atoms with Crippen LogP contribution in [0.4, 0.5) is 5.69 Å². The molecular weight excluding hydrogens is 190 g/mol. The second-order valence-corrected chi connectivity index (χ2v) is 3.38. The largest absolute Gasteiger partial charge is 0.399 e. The fraction of sp³-hybridized carbons (Fsp3) is 0.500. The molecule has 0 bridgehead atoms. The standard InChI is InChI=1S/C12H19NO2/c1-3-14-8-9-15-10(2)11-4-6-12(13)7-5-11/h4-7,10H,3,8-9,13H2,1-2H3. The first-order valence-corrected chi connectivity index (χ1v) is 5.28. The molecule has 3 heteroatoms. The zero-order valence-electron chi connectivity index (χ0n) is 9.40. The minimum absolute atomic E-state index is 0.0889. The maximum absolute atomic E-state index is 5.61. The molecule has 0 saturated heterocycles. The molecule has 1 unspecified atom stereocenters. The van der Waals surface area contributed by atoms with Crippen LogP contribution in [-0.4, -0.2) is 19.8 Å². The fourth-order valence-corrected chi connectivity index (χ4v) is 1.29. The maximum atomic E-state index is 5.61. The molecule has 0 fully saturated rings. The van der Waals surface area contributed by atoms with Crippen molar-refractivity contribution >= 4 is 5.69 Å². The summed E-state index contributed by atoms with van der Waals surface area (Å²) >= 11 is 0.